The molecule has 0 fully saturated rings. The zero-order chi connectivity index (χ0) is 19.3. The summed E-state index contributed by atoms with van der Waals surface area (Å²) in [4.78, 5) is 22.6. The number of nitrogens with zero attached hydrogens (tertiary/aromatic N) is 1. The standard InChI is InChI=1S/C17H17BrClN3O4/c1-3-26-17-13(18)6-11(19)7-15(17)20-9-16(23)21-14-8-12(22(24)25)5-4-10(14)2/h4-8,20H,3,9H2,1-2H3,(H,21,23). The minimum absolute atomic E-state index is 0.0605. The summed E-state index contributed by atoms with van der Waals surface area (Å²) in [5, 5.41) is 17.0. The van der Waals surface area contributed by atoms with Crippen LogP contribution < -0.4 is 15.4 Å². The van der Waals surface area contributed by atoms with Crippen LogP contribution in [0.5, 0.6) is 5.75 Å². The Balaban J connectivity index is 2.10. The van der Waals surface area contributed by atoms with Gasteiger partial charge in [-0.25, -0.2) is 0 Å². The molecule has 2 aromatic rings. The van der Waals surface area contributed by atoms with Gasteiger partial charge in [0.2, 0.25) is 5.91 Å². The number of ether oxygens (including phenoxy) is 1. The van der Waals surface area contributed by atoms with Crippen LogP contribution in [0.3, 0.4) is 0 Å². The van der Waals surface area contributed by atoms with Crippen molar-refractivity contribution in [3.8, 4) is 5.75 Å². The Kier molecular flexibility index (Phi) is 6.82. The largest absolute Gasteiger partial charge is 0.491 e. The van der Waals surface area contributed by atoms with E-state index in [1.165, 1.54) is 12.1 Å². The highest BCUT2D eigenvalue weighted by Crippen LogP contribution is 2.36. The first-order chi connectivity index (χ1) is 12.3. The molecular weight excluding hydrogens is 426 g/mol. The second-order valence-corrected chi connectivity index (χ2v) is 6.65. The molecule has 0 bridgehead atoms. The number of aryl methyl sites for hydroxylation is 1. The Morgan fingerprint density at radius 1 is 1.31 bits per heavy atom. The molecular formula is C17H17BrClN3O4. The summed E-state index contributed by atoms with van der Waals surface area (Å²) in [5.41, 5.74) is 1.60. The van der Waals surface area contributed by atoms with E-state index < -0.39 is 4.92 Å². The van der Waals surface area contributed by atoms with Crippen molar-refractivity contribution in [2.75, 3.05) is 23.8 Å². The van der Waals surface area contributed by atoms with Crippen LogP contribution in [-0.2, 0) is 4.79 Å². The quantitative estimate of drug-likeness (QED) is 0.476. The van der Waals surface area contributed by atoms with Crippen LogP contribution in [0.4, 0.5) is 17.1 Å². The Bertz CT molecular complexity index is 845. The van der Waals surface area contributed by atoms with Gasteiger partial charge < -0.3 is 15.4 Å². The van der Waals surface area contributed by atoms with Crippen molar-refractivity contribution in [2.24, 2.45) is 0 Å². The number of nitro benzene ring substituents is 1. The van der Waals surface area contributed by atoms with E-state index in [1.807, 2.05) is 6.92 Å². The third-order valence-electron chi connectivity index (χ3n) is 3.44. The molecule has 0 aliphatic carbocycles. The van der Waals surface area contributed by atoms with Crippen LogP contribution in [0.15, 0.2) is 34.8 Å². The van der Waals surface area contributed by atoms with Gasteiger partial charge in [0.05, 0.1) is 33.9 Å². The first kappa shape index (κ1) is 20.0. The minimum atomic E-state index is -0.509. The number of carbonyl (C=O) groups excluding carboxylic acids is 1. The molecule has 2 aromatic carbocycles. The highest BCUT2D eigenvalue weighted by Gasteiger charge is 2.13. The van der Waals surface area contributed by atoms with Gasteiger partial charge in [0.1, 0.15) is 0 Å². The van der Waals surface area contributed by atoms with Gasteiger partial charge in [0.15, 0.2) is 5.75 Å². The number of rotatable bonds is 7. The fraction of sp³-hybridized carbons (Fsp3) is 0.235. The molecule has 26 heavy (non-hydrogen) atoms. The lowest BCUT2D eigenvalue weighted by atomic mass is 10.2. The first-order valence-corrected chi connectivity index (χ1v) is 8.89. The average Bonchev–Trinajstić information content (AvgIpc) is 2.57. The van der Waals surface area contributed by atoms with E-state index in [0.29, 0.717) is 33.2 Å². The number of nitrogens with one attached hydrogen (secondary N) is 2. The van der Waals surface area contributed by atoms with Gasteiger partial charge in [0.25, 0.3) is 5.69 Å². The fourth-order valence-corrected chi connectivity index (χ4v) is 3.14. The smallest absolute Gasteiger partial charge is 0.271 e. The molecule has 0 spiro atoms. The second kappa shape index (κ2) is 8.86. The van der Waals surface area contributed by atoms with E-state index in [2.05, 4.69) is 26.6 Å². The number of hydrogen-bond donors (Lipinski definition) is 2. The summed E-state index contributed by atoms with van der Waals surface area (Å²) in [6.45, 7) is 4.00. The number of non-ortho nitro benzene ring substituents is 1. The van der Waals surface area contributed by atoms with Crippen molar-refractivity contribution in [3.05, 3.63) is 55.5 Å². The third kappa shape index (κ3) is 5.09. The lowest BCUT2D eigenvalue weighted by Crippen LogP contribution is -2.22. The zero-order valence-corrected chi connectivity index (χ0v) is 16.5. The van der Waals surface area contributed by atoms with Gasteiger partial charge in [-0.15, -0.1) is 0 Å². The number of nitro groups is 1. The Labute approximate surface area is 164 Å². The fourth-order valence-electron chi connectivity index (χ4n) is 2.21. The van der Waals surface area contributed by atoms with Crippen LogP contribution in [0.2, 0.25) is 5.02 Å². The van der Waals surface area contributed by atoms with Gasteiger partial charge in [-0.3, -0.25) is 14.9 Å². The summed E-state index contributed by atoms with van der Waals surface area (Å²) in [7, 11) is 0. The summed E-state index contributed by atoms with van der Waals surface area (Å²) in [6.07, 6.45) is 0. The maximum absolute atomic E-state index is 12.2. The van der Waals surface area contributed by atoms with E-state index >= 15 is 0 Å². The topological polar surface area (TPSA) is 93.5 Å². The molecule has 0 saturated carbocycles. The number of hydrogen-bond acceptors (Lipinski definition) is 5. The number of anilines is 2. The molecule has 9 heteroatoms. The van der Waals surface area contributed by atoms with E-state index in [4.69, 9.17) is 16.3 Å². The van der Waals surface area contributed by atoms with Crippen molar-refractivity contribution >= 4 is 50.5 Å². The van der Waals surface area contributed by atoms with Crippen molar-refractivity contribution in [1.82, 2.24) is 0 Å². The molecule has 0 heterocycles. The number of carbonyl (C=O) groups is 1. The van der Waals surface area contributed by atoms with Gasteiger partial charge in [-0.05, 0) is 47.5 Å². The van der Waals surface area contributed by atoms with Crippen molar-refractivity contribution in [1.29, 1.82) is 0 Å². The maximum Gasteiger partial charge on any atom is 0.271 e. The lowest BCUT2D eigenvalue weighted by Gasteiger charge is -2.15. The number of halogens is 2. The van der Waals surface area contributed by atoms with Crippen LogP contribution in [0, 0.1) is 17.0 Å². The molecule has 0 aliphatic rings. The first-order valence-electron chi connectivity index (χ1n) is 7.72. The van der Waals surface area contributed by atoms with Crippen molar-refractivity contribution in [2.45, 2.75) is 13.8 Å². The predicted octanol–water partition coefficient (Wildman–Crippen LogP) is 4.77. The molecule has 0 aliphatic heterocycles. The van der Waals surface area contributed by atoms with Gasteiger partial charge in [-0.1, -0.05) is 17.7 Å². The second-order valence-electron chi connectivity index (χ2n) is 5.36. The molecule has 0 aromatic heterocycles. The third-order valence-corrected chi connectivity index (χ3v) is 4.25. The van der Waals surface area contributed by atoms with Crippen LogP contribution in [-0.4, -0.2) is 24.0 Å². The Morgan fingerprint density at radius 3 is 2.69 bits per heavy atom. The van der Waals surface area contributed by atoms with Crippen molar-refractivity contribution < 1.29 is 14.5 Å². The highest BCUT2D eigenvalue weighted by atomic mass is 79.9. The number of benzene rings is 2. The van der Waals surface area contributed by atoms with Gasteiger partial charge in [-0.2, -0.15) is 0 Å². The van der Waals surface area contributed by atoms with E-state index in [0.717, 1.165) is 5.56 Å². The highest BCUT2D eigenvalue weighted by molar-refractivity contribution is 9.10. The summed E-state index contributed by atoms with van der Waals surface area (Å²) < 4.78 is 6.23. The van der Waals surface area contributed by atoms with Gasteiger partial charge >= 0.3 is 0 Å². The van der Waals surface area contributed by atoms with Crippen LogP contribution >= 0.6 is 27.5 Å². The van der Waals surface area contributed by atoms with Crippen LogP contribution in [0.1, 0.15) is 12.5 Å². The summed E-state index contributed by atoms with van der Waals surface area (Å²) >= 11 is 9.42. The molecule has 0 atom stereocenters. The predicted molar refractivity (Wildman–Crippen MR) is 105 cm³/mol. The molecule has 138 valence electrons. The number of amides is 1. The zero-order valence-electron chi connectivity index (χ0n) is 14.1. The molecule has 0 unspecified atom stereocenters. The lowest BCUT2D eigenvalue weighted by molar-refractivity contribution is -0.384. The monoisotopic (exact) mass is 441 g/mol. The maximum atomic E-state index is 12.2. The molecule has 2 rings (SSSR count). The Morgan fingerprint density at radius 2 is 2.04 bits per heavy atom. The molecule has 0 saturated heterocycles. The molecule has 2 N–H and O–H groups in total. The molecule has 1 amide bonds. The van der Waals surface area contributed by atoms with E-state index in [1.54, 1.807) is 25.1 Å². The average molecular weight is 443 g/mol. The summed E-state index contributed by atoms with van der Waals surface area (Å²) in [5.74, 6) is 0.198. The minimum Gasteiger partial charge on any atom is -0.491 e. The van der Waals surface area contributed by atoms with Crippen molar-refractivity contribution in [3.63, 3.8) is 0 Å². The SMILES string of the molecule is CCOc1c(Br)cc(Cl)cc1NCC(=O)Nc1cc([N+](=O)[O-])ccc1C. The van der Waals surface area contributed by atoms with Crippen LogP contribution in [0.25, 0.3) is 0 Å². The Hall–Kier alpha value is -2.32. The summed E-state index contributed by atoms with van der Waals surface area (Å²) in [6, 6.07) is 7.66. The van der Waals surface area contributed by atoms with E-state index in [-0.39, 0.29) is 18.1 Å². The van der Waals surface area contributed by atoms with E-state index in [9.17, 15) is 14.9 Å². The molecule has 7 nitrogen and oxygen atoms in total. The molecule has 0 radical (unpaired) electrons. The van der Waals surface area contributed by atoms with Gasteiger partial charge in [0, 0.05) is 17.2 Å². The normalized spacial score (nSPS) is 10.3.